The van der Waals surface area contributed by atoms with Gasteiger partial charge in [0, 0.05) is 4.47 Å². The van der Waals surface area contributed by atoms with E-state index in [1.54, 1.807) is 0 Å². The summed E-state index contributed by atoms with van der Waals surface area (Å²) >= 11 is 2.95. The zero-order chi connectivity index (χ0) is 12.3. The third kappa shape index (κ3) is 3.33. The van der Waals surface area contributed by atoms with Crippen molar-refractivity contribution < 1.29 is 26.7 Å². The summed E-state index contributed by atoms with van der Waals surface area (Å²) in [5.41, 5.74) is 0. The maximum Gasteiger partial charge on any atom is 0.340 e. The van der Waals surface area contributed by atoms with Crippen LogP contribution in [0.5, 0.6) is 5.75 Å². The molecule has 0 heterocycles. The van der Waals surface area contributed by atoms with Gasteiger partial charge in [0.15, 0.2) is 18.2 Å². The Labute approximate surface area is 96.3 Å². The van der Waals surface area contributed by atoms with Crippen molar-refractivity contribution in [3.05, 3.63) is 28.5 Å². The van der Waals surface area contributed by atoms with E-state index in [4.69, 9.17) is 0 Å². The fraction of sp³-hybridized carbons (Fsp3) is 0.333. The van der Waals surface area contributed by atoms with Crippen molar-refractivity contribution in [1.82, 2.24) is 0 Å². The van der Waals surface area contributed by atoms with Crippen LogP contribution in [0.1, 0.15) is 0 Å². The van der Waals surface area contributed by atoms with E-state index in [2.05, 4.69) is 20.7 Å². The molecule has 1 aromatic carbocycles. The summed E-state index contributed by atoms with van der Waals surface area (Å²) in [5.74, 6) is -5.69. The summed E-state index contributed by atoms with van der Waals surface area (Å²) in [6, 6.07) is 3.40. The molecule has 90 valence electrons. The van der Waals surface area contributed by atoms with Crippen LogP contribution in [0.2, 0.25) is 0 Å². The number of hydrogen-bond donors (Lipinski definition) is 0. The lowest BCUT2D eigenvalue weighted by Gasteiger charge is -2.16. The molecule has 0 N–H and O–H groups in total. The smallest absolute Gasteiger partial charge is 0.340 e. The van der Waals surface area contributed by atoms with Crippen LogP contribution in [0.4, 0.5) is 22.0 Å². The van der Waals surface area contributed by atoms with Crippen molar-refractivity contribution in [1.29, 1.82) is 0 Å². The number of alkyl halides is 4. The van der Waals surface area contributed by atoms with Gasteiger partial charge < -0.3 is 4.74 Å². The number of hydrogen-bond acceptors (Lipinski definition) is 1. The number of benzene rings is 1. The molecule has 1 nitrogen and oxygen atoms in total. The van der Waals surface area contributed by atoms with Crippen LogP contribution in [0.25, 0.3) is 0 Å². The average Bonchev–Trinajstić information content (AvgIpc) is 2.16. The molecule has 0 aliphatic rings. The van der Waals surface area contributed by atoms with E-state index in [1.807, 2.05) is 0 Å². The molecule has 0 aliphatic carbocycles. The Morgan fingerprint density at radius 2 is 1.94 bits per heavy atom. The number of ether oxygens (including phenoxy) is 1. The van der Waals surface area contributed by atoms with Gasteiger partial charge in [-0.2, -0.15) is 8.78 Å². The first-order valence-electron chi connectivity index (χ1n) is 4.07. The summed E-state index contributed by atoms with van der Waals surface area (Å²) in [4.78, 5) is 0. The van der Waals surface area contributed by atoms with Crippen LogP contribution in [-0.2, 0) is 0 Å². The van der Waals surface area contributed by atoms with Gasteiger partial charge in [-0.25, -0.2) is 13.2 Å². The zero-order valence-electron chi connectivity index (χ0n) is 7.69. The Bertz CT molecular complexity index is 369. The standard InChI is InChI=1S/C9H6BrF5O/c10-5-1-2-7(6(11)3-5)16-4-9(14,15)8(12)13/h1-3,8H,4H2. The van der Waals surface area contributed by atoms with Crippen LogP contribution >= 0.6 is 15.9 Å². The van der Waals surface area contributed by atoms with E-state index < -0.39 is 30.5 Å². The quantitative estimate of drug-likeness (QED) is 0.767. The van der Waals surface area contributed by atoms with Gasteiger partial charge in [0.25, 0.3) is 0 Å². The molecule has 0 saturated carbocycles. The van der Waals surface area contributed by atoms with Gasteiger partial charge in [-0.15, -0.1) is 0 Å². The van der Waals surface area contributed by atoms with Crippen LogP contribution < -0.4 is 4.74 Å². The first kappa shape index (κ1) is 13.2. The van der Waals surface area contributed by atoms with Crippen molar-refractivity contribution in [2.45, 2.75) is 12.3 Å². The summed E-state index contributed by atoms with van der Waals surface area (Å²) in [6.07, 6.45) is -3.84. The molecule has 0 aliphatic heterocycles. The first-order valence-corrected chi connectivity index (χ1v) is 4.86. The lowest BCUT2D eigenvalue weighted by atomic mass is 10.3. The van der Waals surface area contributed by atoms with E-state index in [-0.39, 0.29) is 0 Å². The molecular weight excluding hydrogens is 299 g/mol. The molecule has 16 heavy (non-hydrogen) atoms. The zero-order valence-corrected chi connectivity index (χ0v) is 9.28. The number of halogens is 6. The van der Waals surface area contributed by atoms with Gasteiger partial charge in [0.05, 0.1) is 0 Å². The monoisotopic (exact) mass is 304 g/mol. The fourth-order valence-electron chi connectivity index (χ4n) is 0.829. The van der Waals surface area contributed by atoms with Crippen molar-refractivity contribution in [3.63, 3.8) is 0 Å². The van der Waals surface area contributed by atoms with E-state index in [9.17, 15) is 22.0 Å². The molecule has 0 bridgehead atoms. The Morgan fingerprint density at radius 3 is 2.44 bits per heavy atom. The second kappa shape index (κ2) is 4.99. The summed E-state index contributed by atoms with van der Waals surface area (Å²) < 4.78 is 66.1. The maximum absolute atomic E-state index is 13.0. The fourth-order valence-corrected chi connectivity index (χ4v) is 1.16. The Morgan fingerprint density at radius 1 is 1.31 bits per heavy atom. The molecular formula is C9H6BrF5O. The highest BCUT2D eigenvalue weighted by Gasteiger charge is 2.41. The topological polar surface area (TPSA) is 9.23 Å². The van der Waals surface area contributed by atoms with E-state index in [0.717, 1.165) is 12.1 Å². The number of rotatable bonds is 4. The first-order chi connectivity index (χ1) is 7.33. The minimum absolute atomic E-state index is 0.387. The van der Waals surface area contributed by atoms with Gasteiger partial charge in [-0.3, -0.25) is 0 Å². The van der Waals surface area contributed by atoms with Gasteiger partial charge in [-0.1, -0.05) is 15.9 Å². The van der Waals surface area contributed by atoms with Crippen LogP contribution in [-0.4, -0.2) is 19.0 Å². The Hall–Kier alpha value is -0.850. The molecule has 7 heteroatoms. The van der Waals surface area contributed by atoms with E-state index in [1.165, 1.54) is 6.07 Å². The average molecular weight is 305 g/mol. The lowest BCUT2D eigenvalue weighted by Crippen LogP contribution is -2.33. The van der Waals surface area contributed by atoms with Crippen molar-refractivity contribution in [2.24, 2.45) is 0 Å². The Balaban J connectivity index is 2.68. The third-order valence-electron chi connectivity index (χ3n) is 1.63. The molecule has 0 aromatic heterocycles. The molecule has 1 aromatic rings. The Kier molecular flexibility index (Phi) is 4.12. The van der Waals surface area contributed by atoms with Gasteiger partial charge in [0.2, 0.25) is 0 Å². The lowest BCUT2D eigenvalue weighted by molar-refractivity contribution is -0.148. The maximum atomic E-state index is 13.0. The third-order valence-corrected chi connectivity index (χ3v) is 2.13. The van der Waals surface area contributed by atoms with Crippen LogP contribution in [0.3, 0.4) is 0 Å². The molecule has 0 fully saturated rings. The molecule has 0 radical (unpaired) electrons. The molecule has 0 saturated heterocycles. The predicted octanol–water partition coefficient (Wildman–Crippen LogP) is 3.87. The molecule has 0 unspecified atom stereocenters. The van der Waals surface area contributed by atoms with Crippen molar-refractivity contribution in [2.75, 3.05) is 6.61 Å². The largest absolute Gasteiger partial charge is 0.484 e. The van der Waals surface area contributed by atoms with Gasteiger partial charge >= 0.3 is 12.3 Å². The van der Waals surface area contributed by atoms with Gasteiger partial charge in [-0.05, 0) is 18.2 Å². The predicted molar refractivity (Wildman–Crippen MR) is 50.5 cm³/mol. The normalized spacial score (nSPS) is 11.9. The van der Waals surface area contributed by atoms with Crippen molar-refractivity contribution >= 4 is 15.9 Å². The van der Waals surface area contributed by atoms with Crippen molar-refractivity contribution in [3.8, 4) is 5.75 Å². The second-order valence-corrected chi connectivity index (χ2v) is 3.84. The summed E-state index contributed by atoms with van der Waals surface area (Å²) in [7, 11) is 0. The summed E-state index contributed by atoms with van der Waals surface area (Å²) in [6.45, 7) is -1.57. The van der Waals surface area contributed by atoms with E-state index >= 15 is 0 Å². The highest BCUT2D eigenvalue weighted by Crippen LogP contribution is 2.26. The highest BCUT2D eigenvalue weighted by atomic mass is 79.9. The minimum atomic E-state index is -4.29. The molecule has 1 rings (SSSR count). The van der Waals surface area contributed by atoms with Crippen LogP contribution in [0, 0.1) is 5.82 Å². The molecule has 0 spiro atoms. The molecule has 0 amide bonds. The summed E-state index contributed by atoms with van der Waals surface area (Å²) in [5, 5.41) is 0. The SMILES string of the molecule is Fc1cc(Br)ccc1OCC(F)(F)C(F)F. The van der Waals surface area contributed by atoms with Crippen LogP contribution in [0.15, 0.2) is 22.7 Å². The minimum Gasteiger partial charge on any atom is -0.484 e. The second-order valence-electron chi connectivity index (χ2n) is 2.93. The highest BCUT2D eigenvalue weighted by molar-refractivity contribution is 9.10. The van der Waals surface area contributed by atoms with E-state index in [0.29, 0.717) is 4.47 Å². The molecule has 0 atom stereocenters. The van der Waals surface area contributed by atoms with Gasteiger partial charge in [0.1, 0.15) is 0 Å².